The van der Waals surface area contributed by atoms with E-state index in [-0.39, 0.29) is 31.0 Å². The van der Waals surface area contributed by atoms with Gasteiger partial charge in [0.1, 0.15) is 6.10 Å². The van der Waals surface area contributed by atoms with Crippen LogP contribution in [0.2, 0.25) is 0 Å². The van der Waals surface area contributed by atoms with E-state index in [2.05, 4.69) is 24.3 Å². The fourth-order valence-electron chi connectivity index (χ4n) is 2.70. The molecular weight excluding hydrogens is 424 g/mol. The first-order valence-corrected chi connectivity index (χ1v) is 12.1. The summed E-state index contributed by atoms with van der Waals surface area (Å²) in [5, 5.41) is 26.1. The Morgan fingerprint density at radius 2 is 1.15 bits per heavy atom. The normalized spacial score (nSPS) is 14.8. The number of hydrogen-bond donors (Lipinski definition) is 3. The first-order valence-electron chi connectivity index (χ1n) is 12.1. The lowest BCUT2D eigenvalue weighted by molar-refractivity contribution is -0.147. The van der Waals surface area contributed by atoms with E-state index in [0.29, 0.717) is 11.8 Å². The van der Waals surface area contributed by atoms with Crippen LogP contribution in [0.5, 0.6) is 0 Å². The number of hydrogen-bond acceptors (Lipinski definition) is 5. The molecule has 0 fully saturated rings. The van der Waals surface area contributed by atoms with Crippen LogP contribution in [0.4, 0.5) is 0 Å². The zero-order valence-corrected chi connectivity index (χ0v) is 21.2. The van der Waals surface area contributed by atoms with Crippen molar-refractivity contribution in [3.63, 3.8) is 0 Å². The molecule has 0 saturated carbocycles. The number of esters is 1. The number of aliphatic hydroxyl groups excluding tert-OH is 1. The molecule has 0 bridgehead atoms. The Hall–Kier alpha value is -2.15. The van der Waals surface area contributed by atoms with E-state index in [1.165, 1.54) is 6.92 Å². The molecule has 192 valence electrons. The number of rotatable bonds is 17. The lowest BCUT2D eigenvalue weighted by atomic mass is 10.0. The summed E-state index contributed by atoms with van der Waals surface area (Å²) >= 11 is 0. The number of ether oxygens (including phenoxy) is 1. The van der Waals surface area contributed by atoms with Gasteiger partial charge < -0.3 is 20.1 Å². The number of carboxylic acids is 2. The van der Waals surface area contributed by atoms with E-state index in [4.69, 9.17) is 14.9 Å². The van der Waals surface area contributed by atoms with Crippen LogP contribution in [-0.2, 0) is 19.1 Å². The predicted octanol–water partition coefficient (Wildman–Crippen LogP) is 5.76. The molecule has 0 unspecified atom stereocenters. The van der Waals surface area contributed by atoms with Crippen molar-refractivity contribution >= 4 is 17.9 Å². The Morgan fingerprint density at radius 3 is 1.52 bits per heavy atom. The molecule has 0 saturated heterocycles. The molecule has 0 aliphatic heterocycles. The van der Waals surface area contributed by atoms with E-state index < -0.39 is 11.9 Å². The summed E-state index contributed by atoms with van der Waals surface area (Å²) in [6.45, 7) is 9.17. The van der Waals surface area contributed by atoms with Crippen molar-refractivity contribution in [2.45, 2.75) is 111 Å². The van der Waals surface area contributed by atoms with E-state index in [0.717, 1.165) is 51.4 Å². The summed E-state index contributed by atoms with van der Waals surface area (Å²) in [4.78, 5) is 31.3. The van der Waals surface area contributed by atoms with Gasteiger partial charge in [-0.3, -0.25) is 14.4 Å². The van der Waals surface area contributed by atoms with Gasteiger partial charge in [-0.25, -0.2) is 0 Å². The first-order chi connectivity index (χ1) is 15.5. The molecule has 0 aliphatic carbocycles. The van der Waals surface area contributed by atoms with Crippen molar-refractivity contribution in [1.82, 2.24) is 0 Å². The van der Waals surface area contributed by atoms with Crippen LogP contribution in [0, 0.1) is 11.8 Å². The van der Waals surface area contributed by atoms with Crippen molar-refractivity contribution in [3.05, 3.63) is 24.3 Å². The average Bonchev–Trinajstić information content (AvgIpc) is 2.71. The van der Waals surface area contributed by atoms with Gasteiger partial charge >= 0.3 is 17.9 Å². The molecular formula is C26H46O7. The molecule has 0 aromatic heterocycles. The largest absolute Gasteiger partial charge is 0.481 e. The van der Waals surface area contributed by atoms with Gasteiger partial charge in [0.25, 0.3) is 0 Å². The summed E-state index contributed by atoms with van der Waals surface area (Å²) in [6, 6.07) is 0. The number of carbonyl (C=O) groups excluding carboxylic acids is 1. The van der Waals surface area contributed by atoms with Crippen molar-refractivity contribution in [2.75, 3.05) is 0 Å². The van der Waals surface area contributed by atoms with Crippen LogP contribution in [0.3, 0.4) is 0 Å². The highest BCUT2D eigenvalue weighted by atomic mass is 16.5. The molecule has 0 aromatic carbocycles. The van der Waals surface area contributed by atoms with Crippen molar-refractivity contribution in [3.8, 4) is 0 Å². The van der Waals surface area contributed by atoms with E-state index in [9.17, 15) is 19.5 Å². The summed E-state index contributed by atoms with van der Waals surface area (Å²) in [5.41, 5.74) is 0. The van der Waals surface area contributed by atoms with Gasteiger partial charge in [-0.15, -0.1) is 0 Å². The predicted molar refractivity (Wildman–Crippen MR) is 131 cm³/mol. The van der Waals surface area contributed by atoms with Crippen LogP contribution in [0.1, 0.15) is 98.8 Å². The van der Waals surface area contributed by atoms with E-state index >= 15 is 0 Å². The molecule has 4 atom stereocenters. The van der Waals surface area contributed by atoms with Crippen LogP contribution < -0.4 is 0 Å². The maximum atomic E-state index is 10.8. The van der Waals surface area contributed by atoms with Gasteiger partial charge in [-0.05, 0) is 77.0 Å². The number of allylic oxidation sites excluding steroid dienone is 4. The summed E-state index contributed by atoms with van der Waals surface area (Å²) in [6.07, 6.45) is 15.3. The minimum absolute atomic E-state index is 0.0702. The quantitative estimate of drug-likeness (QED) is 0.140. The van der Waals surface area contributed by atoms with Crippen molar-refractivity contribution in [2.24, 2.45) is 11.8 Å². The smallest absolute Gasteiger partial charge is 0.303 e. The summed E-state index contributed by atoms with van der Waals surface area (Å²) < 4.78 is 5.10. The SMILES string of the molecule is CC(=O)O[C@@H](C)[C@H](C)C/C=C/CCCCC(=O)O.C[C@H](O)[C@H](C)C/C=C/CCCCC(=O)O. The highest BCUT2D eigenvalue weighted by Crippen LogP contribution is 2.13. The lowest BCUT2D eigenvalue weighted by Gasteiger charge is -2.17. The van der Waals surface area contributed by atoms with Gasteiger partial charge in [-0.2, -0.15) is 0 Å². The first kappa shape index (κ1) is 33.0. The van der Waals surface area contributed by atoms with Crippen LogP contribution in [0.25, 0.3) is 0 Å². The minimum atomic E-state index is -0.734. The monoisotopic (exact) mass is 470 g/mol. The molecule has 7 nitrogen and oxygen atoms in total. The maximum Gasteiger partial charge on any atom is 0.303 e. The highest BCUT2D eigenvalue weighted by Gasteiger charge is 2.13. The van der Waals surface area contributed by atoms with Crippen LogP contribution in [-0.4, -0.2) is 45.4 Å². The van der Waals surface area contributed by atoms with Gasteiger partial charge in [0.15, 0.2) is 0 Å². The molecule has 0 radical (unpaired) electrons. The molecule has 0 spiro atoms. The third-order valence-corrected chi connectivity index (χ3v) is 5.35. The Kier molecular flexibility index (Phi) is 21.7. The zero-order chi connectivity index (χ0) is 25.6. The molecule has 0 heterocycles. The standard InChI is InChI=1S/C14H24O4.C12H22O3/c1-11(12(2)18-13(3)15)9-7-5-4-6-8-10-14(16)17;1-10(11(2)13)8-6-4-3-5-7-9-12(14)15/h5,7,11-12H,4,6,8-10H2,1-3H3,(H,16,17);4,6,10-11,13H,3,5,7-9H2,1-2H3,(H,14,15)/b7-5+;6-4+/t11-,12+;10-,11+/m11/s1. The Bertz CT molecular complexity index is 581. The van der Waals surface area contributed by atoms with E-state index in [1.807, 2.05) is 20.8 Å². The summed E-state index contributed by atoms with van der Waals surface area (Å²) in [5.74, 6) is -1.11. The van der Waals surface area contributed by atoms with Crippen molar-refractivity contribution in [1.29, 1.82) is 0 Å². The maximum absolute atomic E-state index is 10.8. The molecule has 0 rings (SSSR count). The van der Waals surface area contributed by atoms with Gasteiger partial charge in [-0.1, -0.05) is 38.2 Å². The number of carboxylic acid groups (broad SMARTS) is 2. The number of unbranched alkanes of at least 4 members (excludes halogenated alkanes) is 4. The van der Waals surface area contributed by atoms with Crippen molar-refractivity contribution < 1.29 is 34.4 Å². The number of carbonyl (C=O) groups is 3. The Balaban J connectivity index is 0. The second-order valence-electron chi connectivity index (χ2n) is 8.70. The number of aliphatic hydroxyl groups is 1. The average molecular weight is 471 g/mol. The van der Waals surface area contributed by atoms with Gasteiger partial charge in [0, 0.05) is 19.8 Å². The Morgan fingerprint density at radius 1 is 0.727 bits per heavy atom. The highest BCUT2D eigenvalue weighted by molar-refractivity contribution is 5.67. The fraction of sp³-hybridized carbons (Fsp3) is 0.731. The fourth-order valence-corrected chi connectivity index (χ4v) is 2.70. The molecule has 0 amide bonds. The molecule has 33 heavy (non-hydrogen) atoms. The van der Waals surface area contributed by atoms with Gasteiger partial charge in [0.2, 0.25) is 0 Å². The lowest BCUT2D eigenvalue weighted by Crippen LogP contribution is -2.20. The second kappa shape index (κ2) is 21.7. The second-order valence-corrected chi connectivity index (χ2v) is 8.70. The molecule has 7 heteroatoms. The topological polar surface area (TPSA) is 121 Å². The van der Waals surface area contributed by atoms with E-state index in [1.54, 1.807) is 6.92 Å². The van der Waals surface area contributed by atoms with Gasteiger partial charge in [0.05, 0.1) is 6.10 Å². The van der Waals surface area contributed by atoms with Crippen LogP contribution >= 0.6 is 0 Å². The Labute approximate surface area is 199 Å². The number of aliphatic carboxylic acids is 2. The summed E-state index contributed by atoms with van der Waals surface area (Å²) in [7, 11) is 0. The third-order valence-electron chi connectivity index (χ3n) is 5.35. The third kappa shape index (κ3) is 26.0. The molecule has 0 aliphatic rings. The molecule has 0 aromatic rings. The van der Waals surface area contributed by atoms with Crippen LogP contribution in [0.15, 0.2) is 24.3 Å². The zero-order valence-electron chi connectivity index (χ0n) is 21.2. The minimum Gasteiger partial charge on any atom is -0.481 e. The molecule has 3 N–H and O–H groups in total.